The van der Waals surface area contributed by atoms with Gasteiger partial charge in [-0.05, 0) is 41.5 Å². The summed E-state index contributed by atoms with van der Waals surface area (Å²) in [6.07, 6.45) is 3.77. The van der Waals surface area contributed by atoms with Crippen LogP contribution in [0.1, 0.15) is 17.2 Å². The summed E-state index contributed by atoms with van der Waals surface area (Å²) in [6.45, 7) is 1.02. The highest BCUT2D eigenvalue weighted by atomic mass is 35.5. The van der Waals surface area contributed by atoms with E-state index in [1.807, 2.05) is 48.5 Å². The van der Waals surface area contributed by atoms with E-state index in [1.165, 1.54) is 16.7 Å². The Morgan fingerprint density at radius 1 is 1.00 bits per heavy atom. The predicted molar refractivity (Wildman–Crippen MR) is 123 cm³/mol. The number of nitrogens with zero attached hydrogens (tertiary/aromatic N) is 3. The maximum absolute atomic E-state index is 12.5. The average molecular weight is 478 g/mol. The summed E-state index contributed by atoms with van der Waals surface area (Å²) in [7, 11) is -3.56. The molecule has 0 unspecified atom stereocenters. The highest BCUT2D eigenvalue weighted by molar-refractivity contribution is 7.92. The monoisotopic (exact) mass is 477 g/mol. The Bertz CT molecular complexity index is 1120. The summed E-state index contributed by atoms with van der Waals surface area (Å²) >= 11 is 12.1. The second-order valence-electron chi connectivity index (χ2n) is 7.59. The van der Waals surface area contributed by atoms with Crippen LogP contribution in [0.25, 0.3) is 0 Å². The van der Waals surface area contributed by atoms with Gasteiger partial charge in [0, 0.05) is 29.2 Å². The fourth-order valence-electron chi connectivity index (χ4n) is 4.00. The molecular formula is C22H21Cl2N3O3S. The van der Waals surface area contributed by atoms with E-state index in [1.54, 1.807) is 12.1 Å². The van der Waals surface area contributed by atoms with Gasteiger partial charge in [0.25, 0.3) is 0 Å². The number of anilines is 1. The molecule has 0 atom stereocenters. The molecule has 0 radical (unpaired) electrons. The Kier molecular flexibility index (Phi) is 6.12. The summed E-state index contributed by atoms with van der Waals surface area (Å²) in [5.41, 5.74) is 2.46. The van der Waals surface area contributed by atoms with Crippen LogP contribution in [0.2, 0.25) is 10.0 Å². The van der Waals surface area contributed by atoms with Crippen molar-refractivity contribution in [3.05, 3.63) is 99.4 Å². The highest BCUT2D eigenvalue weighted by Gasteiger charge is 2.41. The summed E-state index contributed by atoms with van der Waals surface area (Å²) in [4.78, 5) is 2.20. The Labute approximate surface area is 191 Å². The van der Waals surface area contributed by atoms with Gasteiger partial charge >= 0.3 is 0 Å². The number of sulfonamides is 1. The third-order valence-electron chi connectivity index (χ3n) is 5.33. The number of hydrogen-bond acceptors (Lipinski definition) is 4. The van der Waals surface area contributed by atoms with Crippen molar-refractivity contribution in [1.82, 2.24) is 4.90 Å². The zero-order valence-electron chi connectivity index (χ0n) is 16.7. The van der Waals surface area contributed by atoms with E-state index < -0.39 is 10.0 Å². The molecule has 1 aliphatic heterocycles. The second kappa shape index (κ2) is 8.67. The van der Waals surface area contributed by atoms with Crippen molar-refractivity contribution < 1.29 is 13.1 Å². The third-order valence-corrected chi connectivity index (χ3v) is 7.06. The number of rotatable bonds is 6. The fraction of sp³-hybridized carbons (Fsp3) is 0.227. The molecule has 0 N–H and O–H groups in total. The zero-order valence-corrected chi connectivity index (χ0v) is 19.1. The molecule has 6 nitrogen and oxygen atoms in total. The van der Waals surface area contributed by atoms with E-state index in [0.29, 0.717) is 33.6 Å². The lowest BCUT2D eigenvalue weighted by Gasteiger charge is -2.48. The van der Waals surface area contributed by atoms with E-state index in [-0.39, 0.29) is 12.1 Å². The Balaban J connectivity index is 1.63. The summed E-state index contributed by atoms with van der Waals surface area (Å²) in [6, 6.07) is 18.1. The molecule has 162 valence electrons. The van der Waals surface area contributed by atoms with Gasteiger partial charge in [-0.1, -0.05) is 47.5 Å². The largest absolute Gasteiger partial charge is 0.619 e. The van der Waals surface area contributed by atoms with Gasteiger partial charge in [0.2, 0.25) is 16.2 Å². The van der Waals surface area contributed by atoms with Crippen molar-refractivity contribution in [2.45, 2.75) is 12.1 Å². The predicted octanol–water partition coefficient (Wildman–Crippen LogP) is 3.87. The van der Waals surface area contributed by atoms with Gasteiger partial charge in [-0.15, -0.1) is 0 Å². The zero-order chi connectivity index (χ0) is 22.2. The maximum Gasteiger partial charge on any atom is 0.232 e. The van der Waals surface area contributed by atoms with Crippen LogP contribution >= 0.6 is 23.2 Å². The molecule has 0 bridgehead atoms. The van der Waals surface area contributed by atoms with E-state index in [2.05, 4.69) is 4.90 Å². The number of pyridine rings is 1. The van der Waals surface area contributed by atoms with E-state index in [0.717, 1.165) is 17.4 Å². The molecule has 1 fully saturated rings. The molecule has 0 spiro atoms. The second-order valence-corrected chi connectivity index (χ2v) is 10.3. The van der Waals surface area contributed by atoms with Crippen LogP contribution in [0.4, 0.5) is 5.69 Å². The van der Waals surface area contributed by atoms with Crippen LogP contribution in [0.3, 0.4) is 0 Å². The summed E-state index contributed by atoms with van der Waals surface area (Å²) in [5, 5.41) is 13.0. The van der Waals surface area contributed by atoms with Crippen LogP contribution in [0.5, 0.6) is 0 Å². The van der Waals surface area contributed by atoms with Gasteiger partial charge in [-0.25, -0.2) is 8.42 Å². The van der Waals surface area contributed by atoms with Crippen molar-refractivity contribution >= 4 is 38.9 Å². The minimum absolute atomic E-state index is 0.0765. The number of halogens is 2. The number of likely N-dealkylation sites (tertiary alicyclic amines) is 1. The van der Waals surface area contributed by atoms with Crippen molar-refractivity contribution in [3.63, 3.8) is 0 Å². The van der Waals surface area contributed by atoms with E-state index >= 15 is 0 Å². The smallest absolute Gasteiger partial charge is 0.232 e. The molecule has 2 aromatic carbocycles. The Morgan fingerprint density at radius 3 is 1.97 bits per heavy atom. The summed E-state index contributed by atoms with van der Waals surface area (Å²) < 4.78 is 27.0. The molecule has 1 aromatic heterocycles. The van der Waals surface area contributed by atoms with Gasteiger partial charge in [0.15, 0.2) is 6.20 Å². The minimum Gasteiger partial charge on any atom is -0.619 e. The highest BCUT2D eigenvalue weighted by Crippen LogP contribution is 2.36. The lowest BCUT2D eigenvalue weighted by molar-refractivity contribution is -0.604. The van der Waals surface area contributed by atoms with Crippen molar-refractivity contribution in [1.29, 1.82) is 0 Å². The first-order valence-electron chi connectivity index (χ1n) is 9.65. The molecule has 4 rings (SSSR count). The molecule has 0 amide bonds. The maximum atomic E-state index is 12.5. The Morgan fingerprint density at radius 2 is 1.52 bits per heavy atom. The first kappa shape index (κ1) is 21.9. The summed E-state index contributed by atoms with van der Waals surface area (Å²) in [5.74, 6) is 0. The van der Waals surface area contributed by atoms with Crippen LogP contribution in [0.15, 0.2) is 73.1 Å². The SMILES string of the molecule is CS(=O)(=O)N(c1ccc[n+]([O-])c1)C1CN(C(c2ccc(Cl)cc2)c2ccc(Cl)cc2)C1. The van der Waals surface area contributed by atoms with Gasteiger partial charge in [0.1, 0.15) is 5.69 Å². The molecule has 9 heteroatoms. The average Bonchev–Trinajstić information content (AvgIpc) is 2.68. The van der Waals surface area contributed by atoms with Crippen LogP contribution in [-0.2, 0) is 10.0 Å². The molecule has 0 aliphatic carbocycles. The molecular weight excluding hydrogens is 457 g/mol. The lowest BCUT2D eigenvalue weighted by Crippen LogP contribution is -2.61. The molecule has 3 aromatic rings. The van der Waals surface area contributed by atoms with Crippen molar-refractivity contribution in [3.8, 4) is 0 Å². The quantitative estimate of drug-likeness (QED) is 0.399. The van der Waals surface area contributed by atoms with Crippen LogP contribution in [-0.4, -0.2) is 38.7 Å². The lowest BCUT2D eigenvalue weighted by atomic mass is 9.93. The first-order valence-corrected chi connectivity index (χ1v) is 12.3. The van der Waals surface area contributed by atoms with E-state index in [4.69, 9.17) is 23.2 Å². The van der Waals surface area contributed by atoms with Crippen molar-refractivity contribution in [2.24, 2.45) is 0 Å². The third kappa shape index (κ3) is 4.80. The topological polar surface area (TPSA) is 67.6 Å². The van der Waals surface area contributed by atoms with Gasteiger partial charge < -0.3 is 5.21 Å². The van der Waals surface area contributed by atoms with Crippen LogP contribution < -0.4 is 9.04 Å². The molecule has 2 heterocycles. The molecule has 31 heavy (non-hydrogen) atoms. The van der Waals surface area contributed by atoms with Crippen LogP contribution in [0, 0.1) is 5.21 Å². The molecule has 1 aliphatic rings. The van der Waals surface area contributed by atoms with E-state index in [9.17, 15) is 13.6 Å². The first-order chi connectivity index (χ1) is 14.7. The van der Waals surface area contributed by atoms with Crippen molar-refractivity contribution in [2.75, 3.05) is 23.7 Å². The minimum atomic E-state index is -3.56. The molecule has 0 saturated carbocycles. The number of aromatic nitrogens is 1. The van der Waals surface area contributed by atoms with Gasteiger partial charge in [-0.3, -0.25) is 9.21 Å². The Hall–Kier alpha value is -2.32. The number of benzene rings is 2. The standard InChI is InChI=1S/C22H21Cl2N3O3S/c1-31(29,30)27(20-3-2-12-26(28)15-20)21-13-25(14-21)22(16-4-8-18(23)9-5-16)17-6-10-19(24)11-7-17/h2-12,15,21-22H,13-14H2,1H3. The molecule has 1 saturated heterocycles. The normalized spacial score (nSPS) is 15.1. The van der Waals surface area contributed by atoms with Gasteiger partial charge in [0.05, 0.1) is 18.3 Å². The van der Waals surface area contributed by atoms with Gasteiger partial charge in [-0.2, -0.15) is 4.73 Å². The fourth-order valence-corrected chi connectivity index (χ4v) is 5.42. The number of hydrogen-bond donors (Lipinski definition) is 0.